The maximum absolute atomic E-state index is 12.5. The lowest BCUT2D eigenvalue weighted by Gasteiger charge is -2.09. The van der Waals surface area contributed by atoms with E-state index in [-0.39, 0.29) is 23.0 Å². The molecule has 6 heteroatoms. The summed E-state index contributed by atoms with van der Waals surface area (Å²) in [5, 5.41) is 3.19. The van der Waals surface area contributed by atoms with Gasteiger partial charge < -0.3 is 19.8 Å². The van der Waals surface area contributed by atoms with Crippen LogP contribution in [0.4, 0.5) is 0 Å². The maximum Gasteiger partial charge on any atom is 0.256 e. The number of rotatable bonds is 8. The number of carbonyl (C=O) groups excluding carboxylic acids is 1. The molecule has 2 aromatic rings. The number of carbonyl (C=O) groups is 1. The van der Waals surface area contributed by atoms with Crippen LogP contribution < -0.4 is 15.5 Å². The van der Waals surface area contributed by atoms with Crippen molar-refractivity contribution in [1.82, 2.24) is 10.3 Å². The van der Waals surface area contributed by atoms with Gasteiger partial charge in [-0.2, -0.15) is 0 Å². The molecule has 2 N–H and O–H groups in total. The third-order valence-electron chi connectivity index (χ3n) is 3.47. The molecule has 130 valence electrons. The highest BCUT2D eigenvalue weighted by molar-refractivity contribution is 5.97. The molecular weight excluding hydrogens is 308 g/mol. The molecule has 0 radical (unpaired) electrons. The molecule has 0 fully saturated rings. The standard InChI is InChI=1S/C18H24N2O4/c1-4-23-13-6-7-16-14(10-13)17(21)15(11-20-16)18(22)19-8-5-9-24-12(2)3/h6-7,10-12H,4-5,8-9H2,1-3H3,(H,19,22)(H,20,21). The molecule has 0 atom stereocenters. The van der Waals surface area contributed by atoms with E-state index in [0.29, 0.717) is 42.8 Å². The van der Waals surface area contributed by atoms with Crippen LogP contribution in [0.25, 0.3) is 10.9 Å². The molecule has 0 aliphatic carbocycles. The maximum atomic E-state index is 12.5. The zero-order valence-corrected chi connectivity index (χ0v) is 14.3. The third-order valence-corrected chi connectivity index (χ3v) is 3.47. The van der Waals surface area contributed by atoms with Gasteiger partial charge in [0.2, 0.25) is 5.43 Å². The van der Waals surface area contributed by atoms with Crippen molar-refractivity contribution < 1.29 is 14.3 Å². The van der Waals surface area contributed by atoms with E-state index in [1.807, 2.05) is 20.8 Å². The molecule has 2 rings (SSSR count). The zero-order valence-electron chi connectivity index (χ0n) is 14.3. The second-order valence-electron chi connectivity index (χ2n) is 5.70. The largest absolute Gasteiger partial charge is 0.494 e. The van der Waals surface area contributed by atoms with Crippen molar-refractivity contribution >= 4 is 16.8 Å². The third kappa shape index (κ3) is 4.58. The summed E-state index contributed by atoms with van der Waals surface area (Å²) in [5.41, 5.74) is 0.465. The van der Waals surface area contributed by atoms with E-state index in [0.717, 1.165) is 0 Å². The Bertz CT molecular complexity index is 752. The van der Waals surface area contributed by atoms with E-state index in [9.17, 15) is 9.59 Å². The number of ether oxygens (including phenoxy) is 2. The Kier molecular flexibility index (Phi) is 6.37. The highest BCUT2D eigenvalue weighted by Crippen LogP contribution is 2.17. The van der Waals surface area contributed by atoms with Gasteiger partial charge in [0, 0.05) is 30.3 Å². The predicted octanol–water partition coefficient (Wildman–Crippen LogP) is 2.47. The average molecular weight is 332 g/mol. The number of H-pyrrole nitrogens is 1. The van der Waals surface area contributed by atoms with E-state index in [1.165, 1.54) is 6.20 Å². The lowest BCUT2D eigenvalue weighted by Crippen LogP contribution is -2.30. The number of aromatic amines is 1. The van der Waals surface area contributed by atoms with Crippen LogP contribution in [0.2, 0.25) is 0 Å². The number of amides is 1. The van der Waals surface area contributed by atoms with Gasteiger partial charge in [-0.05, 0) is 45.4 Å². The van der Waals surface area contributed by atoms with Crippen molar-refractivity contribution in [3.8, 4) is 5.75 Å². The number of pyridine rings is 1. The van der Waals surface area contributed by atoms with Crippen LogP contribution in [-0.4, -0.2) is 36.8 Å². The van der Waals surface area contributed by atoms with Crippen LogP contribution >= 0.6 is 0 Å². The molecule has 6 nitrogen and oxygen atoms in total. The van der Waals surface area contributed by atoms with Gasteiger partial charge in [0.05, 0.1) is 12.7 Å². The van der Waals surface area contributed by atoms with Crippen LogP contribution in [0.3, 0.4) is 0 Å². The molecule has 1 amide bonds. The molecule has 1 aromatic heterocycles. The van der Waals surface area contributed by atoms with Gasteiger partial charge in [-0.25, -0.2) is 0 Å². The Morgan fingerprint density at radius 2 is 2.12 bits per heavy atom. The van der Waals surface area contributed by atoms with Crippen LogP contribution in [0, 0.1) is 0 Å². The molecule has 0 saturated carbocycles. The fraction of sp³-hybridized carbons (Fsp3) is 0.444. The van der Waals surface area contributed by atoms with Crippen molar-refractivity contribution in [1.29, 1.82) is 0 Å². The second-order valence-corrected chi connectivity index (χ2v) is 5.70. The van der Waals surface area contributed by atoms with Crippen LogP contribution in [0.1, 0.15) is 37.6 Å². The summed E-state index contributed by atoms with van der Waals surface area (Å²) in [6, 6.07) is 5.22. The summed E-state index contributed by atoms with van der Waals surface area (Å²) >= 11 is 0. The summed E-state index contributed by atoms with van der Waals surface area (Å²) < 4.78 is 10.8. The Labute approximate surface area is 141 Å². The monoisotopic (exact) mass is 332 g/mol. The Hall–Kier alpha value is -2.34. The van der Waals surface area contributed by atoms with Gasteiger partial charge in [0.15, 0.2) is 0 Å². The Balaban J connectivity index is 2.09. The second kappa shape index (κ2) is 8.49. The van der Waals surface area contributed by atoms with Crippen LogP contribution in [0.15, 0.2) is 29.2 Å². The number of fused-ring (bicyclic) bond motifs is 1. The van der Waals surface area contributed by atoms with E-state index in [4.69, 9.17) is 9.47 Å². The van der Waals surface area contributed by atoms with Gasteiger partial charge in [0.25, 0.3) is 5.91 Å². The van der Waals surface area contributed by atoms with Crippen molar-refractivity contribution in [3.05, 3.63) is 40.2 Å². The number of nitrogens with one attached hydrogen (secondary N) is 2. The molecule has 0 saturated heterocycles. The summed E-state index contributed by atoms with van der Waals surface area (Å²) in [7, 11) is 0. The Morgan fingerprint density at radius 1 is 1.33 bits per heavy atom. The quantitative estimate of drug-likeness (QED) is 0.728. The summed E-state index contributed by atoms with van der Waals surface area (Å²) in [6.45, 7) is 7.35. The van der Waals surface area contributed by atoms with Gasteiger partial charge in [-0.15, -0.1) is 0 Å². The fourth-order valence-corrected chi connectivity index (χ4v) is 2.31. The minimum absolute atomic E-state index is 0.0981. The lowest BCUT2D eigenvalue weighted by molar-refractivity contribution is 0.0757. The average Bonchev–Trinajstić information content (AvgIpc) is 2.55. The molecule has 0 spiro atoms. The SMILES string of the molecule is CCOc1ccc2[nH]cc(C(=O)NCCCOC(C)C)c(=O)c2c1. The molecule has 24 heavy (non-hydrogen) atoms. The first-order valence-corrected chi connectivity index (χ1v) is 8.21. The topological polar surface area (TPSA) is 80.4 Å². The fourth-order valence-electron chi connectivity index (χ4n) is 2.31. The highest BCUT2D eigenvalue weighted by atomic mass is 16.5. The summed E-state index contributed by atoms with van der Waals surface area (Å²) in [5.74, 6) is 0.225. The normalized spacial score (nSPS) is 11.0. The molecule has 1 aromatic carbocycles. The Morgan fingerprint density at radius 3 is 2.83 bits per heavy atom. The number of benzene rings is 1. The van der Waals surface area contributed by atoms with Crippen molar-refractivity contribution in [2.45, 2.75) is 33.3 Å². The smallest absolute Gasteiger partial charge is 0.256 e. The zero-order chi connectivity index (χ0) is 17.5. The lowest BCUT2D eigenvalue weighted by atomic mass is 10.1. The minimum Gasteiger partial charge on any atom is -0.494 e. The van der Waals surface area contributed by atoms with E-state index < -0.39 is 0 Å². The molecule has 0 aliphatic rings. The molecule has 0 aliphatic heterocycles. The first-order valence-electron chi connectivity index (χ1n) is 8.21. The minimum atomic E-state index is -0.385. The number of aromatic nitrogens is 1. The predicted molar refractivity (Wildman–Crippen MR) is 93.8 cm³/mol. The first kappa shape index (κ1) is 18.0. The summed E-state index contributed by atoms with van der Waals surface area (Å²) in [6.07, 6.45) is 2.32. The summed E-state index contributed by atoms with van der Waals surface area (Å²) in [4.78, 5) is 27.7. The van der Waals surface area contributed by atoms with Crippen LogP contribution in [-0.2, 0) is 4.74 Å². The van der Waals surface area contributed by atoms with Crippen LogP contribution in [0.5, 0.6) is 5.75 Å². The van der Waals surface area contributed by atoms with Gasteiger partial charge in [-0.1, -0.05) is 0 Å². The van der Waals surface area contributed by atoms with Crippen molar-refractivity contribution in [3.63, 3.8) is 0 Å². The van der Waals surface area contributed by atoms with Crippen molar-refractivity contribution in [2.24, 2.45) is 0 Å². The highest BCUT2D eigenvalue weighted by Gasteiger charge is 2.13. The van der Waals surface area contributed by atoms with Gasteiger partial charge in [0.1, 0.15) is 11.3 Å². The van der Waals surface area contributed by atoms with E-state index in [2.05, 4.69) is 10.3 Å². The van der Waals surface area contributed by atoms with E-state index in [1.54, 1.807) is 18.2 Å². The van der Waals surface area contributed by atoms with E-state index >= 15 is 0 Å². The molecule has 1 heterocycles. The number of hydrogen-bond donors (Lipinski definition) is 2. The van der Waals surface area contributed by atoms with Gasteiger partial charge >= 0.3 is 0 Å². The number of hydrogen-bond acceptors (Lipinski definition) is 4. The van der Waals surface area contributed by atoms with Gasteiger partial charge in [-0.3, -0.25) is 9.59 Å². The molecule has 0 unspecified atom stereocenters. The molecule has 0 bridgehead atoms. The van der Waals surface area contributed by atoms with Crippen molar-refractivity contribution in [2.75, 3.05) is 19.8 Å². The molecular formula is C18H24N2O4. The first-order chi connectivity index (χ1) is 11.5.